The Balaban J connectivity index is 2.94. The topological polar surface area (TPSA) is 80.1 Å². The van der Waals surface area contributed by atoms with Gasteiger partial charge in [0, 0.05) is 12.6 Å². The highest BCUT2D eigenvalue weighted by atomic mass is 19.3. The molecule has 17 heavy (non-hydrogen) atoms. The summed E-state index contributed by atoms with van der Waals surface area (Å²) in [6, 6.07) is 2.65. The fourth-order valence-corrected chi connectivity index (χ4v) is 1.18. The van der Waals surface area contributed by atoms with E-state index in [0.717, 1.165) is 0 Å². The first-order chi connectivity index (χ1) is 8.04. The number of anilines is 2. The second-order valence-corrected chi connectivity index (χ2v) is 3.12. The van der Waals surface area contributed by atoms with Gasteiger partial charge in [0.25, 0.3) is 6.43 Å². The van der Waals surface area contributed by atoms with E-state index in [1.54, 1.807) is 0 Å². The van der Waals surface area contributed by atoms with Crippen LogP contribution in [0.3, 0.4) is 0 Å². The maximum absolute atomic E-state index is 12.0. The number of hydrogen-bond donors (Lipinski definition) is 2. The van der Waals surface area contributed by atoms with Crippen LogP contribution in [0.4, 0.5) is 26.1 Å². The van der Waals surface area contributed by atoms with E-state index in [4.69, 9.17) is 0 Å². The number of aromatic nitrogens is 1. The van der Waals surface area contributed by atoms with Gasteiger partial charge >= 0.3 is 5.69 Å². The van der Waals surface area contributed by atoms with Crippen molar-refractivity contribution in [2.75, 3.05) is 23.7 Å². The molecule has 0 atom stereocenters. The van der Waals surface area contributed by atoms with Crippen molar-refractivity contribution in [1.29, 1.82) is 0 Å². The normalized spacial score (nSPS) is 10.4. The molecule has 1 heterocycles. The number of alkyl halides is 2. The Hall–Kier alpha value is -1.99. The molecule has 0 amide bonds. The zero-order chi connectivity index (χ0) is 12.8. The van der Waals surface area contributed by atoms with Gasteiger partial charge in [0.1, 0.15) is 5.82 Å². The Morgan fingerprint density at radius 3 is 2.71 bits per heavy atom. The fraction of sp³-hybridized carbons (Fsp3) is 0.444. The third-order valence-electron chi connectivity index (χ3n) is 1.85. The molecule has 1 aromatic rings. The van der Waals surface area contributed by atoms with Crippen LogP contribution in [-0.2, 0) is 0 Å². The van der Waals surface area contributed by atoms with Crippen molar-refractivity contribution in [2.24, 2.45) is 0 Å². The Kier molecular flexibility index (Phi) is 4.56. The summed E-state index contributed by atoms with van der Waals surface area (Å²) in [7, 11) is 0. The van der Waals surface area contributed by atoms with Crippen LogP contribution in [-0.4, -0.2) is 29.4 Å². The molecule has 0 fully saturated rings. The van der Waals surface area contributed by atoms with Crippen LogP contribution < -0.4 is 10.6 Å². The highest BCUT2D eigenvalue weighted by Gasteiger charge is 2.16. The maximum Gasteiger partial charge on any atom is 0.311 e. The van der Waals surface area contributed by atoms with Gasteiger partial charge in [0.2, 0.25) is 5.82 Å². The molecule has 0 aliphatic rings. The van der Waals surface area contributed by atoms with Gasteiger partial charge in [-0.05, 0) is 13.0 Å². The third-order valence-corrected chi connectivity index (χ3v) is 1.85. The zero-order valence-electron chi connectivity index (χ0n) is 9.11. The number of halogens is 2. The number of nitrogens with one attached hydrogen (secondary N) is 2. The van der Waals surface area contributed by atoms with Crippen molar-refractivity contribution in [3.05, 3.63) is 22.2 Å². The Morgan fingerprint density at radius 1 is 1.47 bits per heavy atom. The van der Waals surface area contributed by atoms with Crippen LogP contribution in [0, 0.1) is 10.1 Å². The van der Waals surface area contributed by atoms with Gasteiger partial charge in [-0.1, -0.05) is 0 Å². The Morgan fingerprint density at radius 2 is 2.18 bits per heavy atom. The summed E-state index contributed by atoms with van der Waals surface area (Å²) >= 11 is 0. The molecular formula is C9H12F2N4O2. The first-order valence-corrected chi connectivity index (χ1v) is 4.96. The molecule has 0 aromatic carbocycles. The van der Waals surface area contributed by atoms with Crippen molar-refractivity contribution < 1.29 is 13.7 Å². The van der Waals surface area contributed by atoms with E-state index in [1.807, 2.05) is 6.92 Å². The molecule has 1 rings (SSSR count). The van der Waals surface area contributed by atoms with Gasteiger partial charge in [-0.25, -0.2) is 13.8 Å². The van der Waals surface area contributed by atoms with Crippen LogP contribution in [0.15, 0.2) is 12.1 Å². The van der Waals surface area contributed by atoms with E-state index in [9.17, 15) is 18.9 Å². The number of nitro groups is 1. The highest BCUT2D eigenvalue weighted by Crippen LogP contribution is 2.23. The maximum atomic E-state index is 12.0. The minimum atomic E-state index is -2.60. The Labute approximate surface area is 96.2 Å². The van der Waals surface area contributed by atoms with E-state index in [1.165, 1.54) is 12.1 Å². The second kappa shape index (κ2) is 5.92. The molecular weight excluding hydrogens is 234 g/mol. The predicted molar refractivity (Wildman–Crippen MR) is 59.5 cm³/mol. The molecule has 1 aromatic heterocycles. The van der Waals surface area contributed by atoms with Gasteiger partial charge < -0.3 is 10.6 Å². The lowest BCUT2D eigenvalue weighted by molar-refractivity contribution is -0.384. The molecule has 0 saturated carbocycles. The first kappa shape index (κ1) is 13.1. The second-order valence-electron chi connectivity index (χ2n) is 3.12. The highest BCUT2D eigenvalue weighted by molar-refractivity contribution is 5.60. The minimum Gasteiger partial charge on any atom is -0.370 e. The lowest BCUT2D eigenvalue weighted by Gasteiger charge is -2.08. The van der Waals surface area contributed by atoms with Crippen LogP contribution >= 0.6 is 0 Å². The number of rotatable bonds is 6. The molecule has 2 N–H and O–H groups in total. The summed E-state index contributed by atoms with van der Waals surface area (Å²) in [5.41, 5.74) is -0.327. The van der Waals surface area contributed by atoms with Crippen molar-refractivity contribution in [2.45, 2.75) is 13.3 Å². The fourth-order valence-electron chi connectivity index (χ4n) is 1.18. The predicted octanol–water partition coefficient (Wildman–Crippen LogP) is 2.10. The largest absolute Gasteiger partial charge is 0.370 e. The van der Waals surface area contributed by atoms with Crippen molar-refractivity contribution in [1.82, 2.24) is 4.98 Å². The van der Waals surface area contributed by atoms with Crippen LogP contribution in [0.25, 0.3) is 0 Å². The van der Waals surface area contributed by atoms with E-state index in [-0.39, 0.29) is 11.5 Å². The third kappa shape index (κ3) is 3.82. The summed E-state index contributed by atoms with van der Waals surface area (Å²) in [5, 5.41) is 15.7. The molecule has 0 radical (unpaired) electrons. The minimum absolute atomic E-state index is 0.159. The standard InChI is InChI=1S/C9H12F2N4O2/c1-2-12-8-4-3-6(15(16)17)9(14-8)13-5-7(10)11/h3-4,7H,2,5H2,1H3,(H2,12,13,14). The van der Waals surface area contributed by atoms with Gasteiger partial charge in [0.15, 0.2) is 0 Å². The van der Waals surface area contributed by atoms with Crippen LogP contribution in [0.2, 0.25) is 0 Å². The molecule has 0 spiro atoms. The van der Waals surface area contributed by atoms with E-state index in [2.05, 4.69) is 15.6 Å². The number of nitrogens with zero attached hydrogens (tertiary/aromatic N) is 2. The molecule has 0 aliphatic heterocycles. The van der Waals surface area contributed by atoms with Crippen molar-refractivity contribution in [3.63, 3.8) is 0 Å². The number of hydrogen-bond acceptors (Lipinski definition) is 5. The molecule has 0 aliphatic carbocycles. The summed E-state index contributed by atoms with van der Waals surface area (Å²) in [6.07, 6.45) is -2.60. The monoisotopic (exact) mass is 246 g/mol. The van der Waals surface area contributed by atoms with Crippen molar-refractivity contribution in [3.8, 4) is 0 Å². The average Bonchev–Trinajstić information content (AvgIpc) is 2.26. The van der Waals surface area contributed by atoms with Crippen LogP contribution in [0.5, 0.6) is 0 Å². The van der Waals surface area contributed by atoms with E-state index >= 15 is 0 Å². The van der Waals surface area contributed by atoms with Gasteiger partial charge in [-0.15, -0.1) is 0 Å². The zero-order valence-corrected chi connectivity index (χ0v) is 9.11. The molecule has 8 heteroatoms. The van der Waals surface area contributed by atoms with Gasteiger partial charge in [0.05, 0.1) is 11.5 Å². The number of pyridine rings is 1. The van der Waals surface area contributed by atoms with Crippen LogP contribution in [0.1, 0.15) is 6.92 Å². The molecule has 94 valence electrons. The summed E-state index contributed by atoms with van der Waals surface area (Å²) < 4.78 is 24.1. The molecule has 0 bridgehead atoms. The molecule has 0 unspecified atom stereocenters. The summed E-state index contributed by atoms with van der Waals surface area (Å²) in [6.45, 7) is 1.73. The lowest BCUT2D eigenvalue weighted by Crippen LogP contribution is -2.13. The summed E-state index contributed by atoms with van der Waals surface area (Å²) in [4.78, 5) is 13.8. The van der Waals surface area contributed by atoms with Crippen molar-refractivity contribution >= 4 is 17.3 Å². The summed E-state index contributed by atoms with van der Waals surface area (Å²) in [5.74, 6) is 0.239. The Bertz CT molecular complexity index is 401. The van der Waals surface area contributed by atoms with E-state index in [0.29, 0.717) is 12.4 Å². The lowest BCUT2D eigenvalue weighted by atomic mass is 10.3. The SMILES string of the molecule is CCNc1ccc([N+](=O)[O-])c(NCC(F)F)n1. The van der Waals surface area contributed by atoms with E-state index < -0.39 is 17.9 Å². The van der Waals surface area contributed by atoms with Gasteiger partial charge in [-0.2, -0.15) is 0 Å². The smallest absolute Gasteiger partial charge is 0.311 e. The van der Waals surface area contributed by atoms with Gasteiger partial charge in [-0.3, -0.25) is 10.1 Å². The first-order valence-electron chi connectivity index (χ1n) is 4.96. The molecule has 6 nitrogen and oxygen atoms in total. The quantitative estimate of drug-likeness (QED) is 0.593. The average molecular weight is 246 g/mol. The molecule has 0 saturated heterocycles.